The minimum Gasteiger partial charge on any atom is -0.397 e. The molecule has 88 valence electrons. The summed E-state index contributed by atoms with van der Waals surface area (Å²) in [5.41, 5.74) is 5.22. The van der Waals surface area contributed by atoms with Crippen molar-refractivity contribution < 1.29 is 22.4 Å². The van der Waals surface area contributed by atoms with Gasteiger partial charge in [0.25, 0.3) is 0 Å². The van der Waals surface area contributed by atoms with Crippen LogP contribution in [-0.4, -0.2) is 18.3 Å². The lowest BCUT2D eigenvalue weighted by atomic mass is 10.2. The Bertz CT molecular complexity index is 395. The van der Waals surface area contributed by atoms with Gasteiger partial charge in [-0.1, -0.05) is 12.1 Å². The van der Waals surface area contributed by atoms with Gasteiger partial charge in [-0.3, -0.25) is 4.79 Å². The molecule has 0 saturated heterocycles. The second-order valence-electron chi connectivity index (χ2n) is 2.97. The molecule has 16 heavy (non-hydrogen) atoms. The van der Waals surface area contributed by atoms with E-state index in [0.717, 1.165) is 0 Å². The predicted octanol–water partition coefficient (Wildman–Crippen LogP) is 2.11. The molecule has 0 saturated carbocycles. The Hall–Kier alpha value is -1.79. The van der Waals surface area contributed by atoms with Crippen molar-refractivity contribution in [3.8, 4) is 0 Å². The summed E-state index contributed by atoms with van der Waals surface area (Å²) >= 11 is 0. The van der Waals surface area contributed by atoms with Gasteiger partial charge in [0.05, 0.1) is 11.4 Å². The van der Waals surface area contributed by atoms with Crippen LogP contribution >= 0.6 is 0 Å². The minimum absolute atomic E-state index is 0.0147. The summed E-state index contributed by atoms with van der Waals surface area (Å²) in [5.74, 6) is -6.82. The van der Waals surface area contributed by atoms with Crippen molar-refractivity contribution in [1.82, 2.24) is 0 Å². The lowest BCUT2D eigenvalue weighted by molar-refractivity contribution is -0.163. The maximum absolute atomic E-state index is 12.6. The van der Waals surface area contributed by atoms with Gasteiger partial charge in [0.1, 0.15) is 0 Å². The fourth-order valence-corrected chi connectivity index (χ4v) is 0.916. The quantitative estimate of drug-likeness (QED) is 0.623. The third kappa shape index (κ3) is 2.41. The summed E-state index contributed by atoms with van der Waals surface area (Å²) in [4.78, 5) is 10.8. The number of hydrogen-bond acceptors (Lipinski definition) is 2. The summed E-state index contributed by atoms with van der Waals surface area (Å²) in [5, 5.41) is 1.64. The summed E-state index contributed by atoms with van der Waals surface area (Å²) < 4.78 is 48.8. The number of hydrogen-bond donors (Lipinski definition) is 2. The van der Waals surface area contributed by atoms with Crippen LogP contribution in [0.15, 0.2) is 24.3 Å². The number of halogens is 4. The van der Waals surface area contributed by atoms with Gasteiger partial charge in [-0.2, -0.15) is 8.78 Å². The first-order valence-corrected chi connectivity index (χ1v) is 4.17. The molecule has 1 rings (SSSR count). The van der Waals surface area contributed by atoms with E-state index in [-0.39, 0.29) is 11.4 Å². The van der Waals surface area contributed by atoms with Gasteiger partial charge in [-0.25, -0.2) is 8.78 Å². The van der Waals surface area contributed by atoms with Crippen molar-refractivity contribution in [2.24, 2.45) is 0 Å². The molecule has 1 aromatic rings. The first-order chi connectivity index (χ1) is 7.35. The van der Waals surface area contributed by atoms with Crippen molar-refractivity contribution in [2.45, 2.75) is 12.3 Å². The number of carbonyl (C=O) groups excluding carboxylic acids is 1. The Balaban J connectivity index is 2.84. The van der Waals surface area contributed by atoms with Gasteiger partial charge in [-0.05, 0) is 12.1 Å². The highest BCUT2D eigenvalue weighted by Gasteiger charge is 2.49. The average Bonchev–Trinajstić information content (AvgIpc) is 2.21. The van der Waals surface area contributed by atoms with Crippen molar-refractivity contribution in [3.63, 3.8) is 0 Å². The number of para-hydroxylation sites is 2. The van der Waals surface area contributed by atoms with Crippen LogP contribution in [0.5, 0.6) is 0 Å². The summed E-state index contributed by atoms with van der Waals surface area (Å²) in [6.45, 7) is 0. The topological polar surface area (TPSA) is 55.1 Å². The number of carbonyl (C=O) groups is 1. The van der Waals surface area contributed by atoms with E-state index in [2.05, 4.69) is 0 Å². The molecule has 0 aliphatic heterocycles. The molecule has 3 N–H and O–H groups in total. The molecule has 0 aliphatic carbocycles. The molecule has 7 heteroatoms. The summed E-state index contributed by atoms with van der Waals surface area (Å²) in [6, 6.07) is 5.51. The van der Waals surface area contributed by atoms with Crippen LogP contribution in [0.4, 0.5) is 28.9 Å². The number of rotatable bonds is 3. The monoisotopic (exact) mass is 236 g/mol. The van der Waals surface area contributed by atoms with E-state index in [4.69, 9.17) is 5.73 Å². The van der Waals surface area contributed by atoms with E-state index in [1.165, 1.54) is 24.3 Å². The SMILES string of the molecule is Nc1ccccc1NC(=O)C(F)(F)C(F)F. The normalized spacial score (nSPS) is 11.6. The van der Waals surface area contributed by atoms with Gasteiger partial charge in [0.2, 0.25) is 0 Å². The Morgan fingerprint density at radius 1 is 1.31 bits per heavy atom. The molecule has 1 aromatic carbocycles. The molecule has 0 aromatic heterocycles. The van der Waals surface area contributed by atoms with Gasteiger partial charge in [-0.15, -0.1) is 0 Å². The van der Waals surface area contributed by atoms with E-state index in [1.54, 1.807) is 5.32 Å². The van der Waals surface area contributed by atoms with Crippen molar-refractivity contribution in [1.29, 1.82) is 0 Å². The number of nitrogens with one attached hydrogen (secondary N) is 1. The lowest BCUT2D eigenvalue weighted by Crippen LogP contribution is -2.41. The second kappa shape index (κ2) is 4.38. The molecule has 0 radical (unpaired) electrons. The zero-order chi connectivity index (χ0) is 12.3. The predicted molar refractivity (Wildman–Crippen MR) is 50.4 cm³/mol. The zero-order valence-corrected chi connectivity index (χ0v) is 7.88. The first-order valence-electron chi connectivity index (χ1n) is 4.17. The van der Waals surface area contributed by atoms with Crippen LogP contribution in [0.25, 0.3) is 0 Å². The number of alkyl halides is 4. The molecule has 0 atom stereocenters. The minimum atomic E-state index is -4.73. The highest BCUT2D eigenvalue weighted by atomic mass is 19.3. The molecule has 0 fully saturated rings. The molecule has 0 heterocycles. The molecule has 3 nitrogen and oxygen atoms in total. The smallest absolute Gasteiger partial charge is 0.383 e. The molecule has 0 aliphatic rings. The van der Waals surface area contributed by atoms with E-state index >= 15 is 0 Å². The van der Waals surface area contributed by atoms with Crippen LogP contribution < -0.4 is 11.1 Å². The van der Waals surface area contributed by atoms with Crippen molar-refractivity contribution in [2.75, 3.05) is 11.1 Å². The molecular formula is C9H8F4N2O. The molecule has 1 amide bonds. The molecule has 0 spiro atoms. The van der Waals surface area contributed by atoms with E-state index in [1.807, 2.05) is 0 Å². The highest BCUT2D eigenvalue weighted by molar-refractivity contribution is 5.98. The molecular weight excluding hydrogens is 228 g/mol. The summed E-state index contributed by atoms with van der Waals surface area (Å²) in [6.07, 6.45) is -4.06. The first kappa shape index (κ1) is 12.3. The maximum Gasteiger partial charge on any atom is 0.383 e. The van der Waals surface area contributed by atoms with E-state index in [0.29, 0.717) is 0 Å². The Morgan fingerprint density at radius 3 is 2.38 bits per heavy atom. The average molecular weight is 236 g/mol. The number of nitrogens with two attached hydrogens (primary N) is 1. The van der Waals surface area contributed by atoms with Crippen molar-refractivity contribution in [3.05, 3.63) is 24.3 Å². The van der Waals surface area contributed by atoms with Crippen LogP contribution in [0.2, 0.25) is 0 Å². The molecule has 0 unspecified atom stereocenters. The van der Waals surface area contributed by atoms with Crippen LogP contribution in [0, 0.1) is 0 Å². The fourth-order valence-electron chi connectivity index (χ4n) is 0.916. The fraction of sp³-hybridized carbons (Fsp3) is 0.222. The number of benzene rings is 1. The molecule has 0 bridgehead atoms. The number of nitrogen functional groups attached to an aromatic ring is 1. The van der Waals surface area contributed by atoms with Gasteiger partial charge >= 0.3 is 18.3 Å². The van der Waals surface area contributed by atoms with Crippen LogP contribution in [0.3, 0.4) is 0 Å². The van der Waals surface area contributed by atoms with Gasteiger partial charge in [0, 0.05) is 0 Å². The largest absolute Gasteiger partial charge is 0.397 e. The third-order valence-electron chi connectivity index (χ3n) is 1.79. The van der Waals surface area contributed by atoms with Crippen molar-refractivity contribution >= 4 is 17.3 Å². The second-order valence-corrected chi connectivity index (χ2v) is 2.97. The number of anilines is 2. The Labute approximate surface area is 88.2 Å². The van der Waals surface area contributed by atoms with E-state index < -0.39 is 18.3 Å². The highest BCUT2D eigenvalue weighted by Crippen LogP contribution is 2.26. The van der Waals surface area contributed by atoms with E-state index in [9.17, 15) is 22.4 Å². The van der Waals surface area contributed by atoms with Crippen LogP contribution in [0.1, 0.15) is 0 Å². The number of amides is 1. The third-order valence-corrected chi connectivity index (χ3v) is 1.79. The standard InChI is InChI=1S/C9H8F4N2O/c10-7(11)9(12,13)8(16)15-6-4-2-1-3-5(6)14/h1-4,7H,14H2,(H,15,16). The van der Waals surface area contributed by atoms with Crippen LogP contribution in [-0.2, 0) is 4.79 Å². The van der Waals surface area contributed by atoms with Gasteiger partial charge < -0.3 is 11.1 Å². The lowest BCUT2D eigenvalue weighted by Gasteiger charge is -2.15. The Morgan fingerprint density at radius 2 is 1.88 bits per heavy atom. The van der Waals surface area contributed by atoms with Gasteiger partial charge in [0.15, 0.2) is 0 Å². The Kier molecular flexibility index (Phi) is 3.36. The maximum atomic E-state index is 12.6. The zero-order valence-electron chi connectivity index (χ0n) is 7.88. The summed E-state index contributed by atoms with van der Waals surface area (Å²) in [7, 11) is 0.